The SMILES string of the molecule is COc1c(Br)c(Br)c(Br)c([N+](=O)[O-])c1Br. The molecule has 0 aliphatic heterocycles. The van der Waals surface area contributed by atoms with Crippen molar-refractivity contribution in [2.75, 3.05) is 7.11 Å². The number of benzene rings is 1. The van der Waals surface area contributed by atoms with E-state index in [1.807, 2.05) is 0 Å². The molecule has 4 nitrogen and oxygen atoms in total. The molecule has 0 unspecified atom stereocenters. The summed E-state index contributed by atoms with van der Waals surface area (Å²) in [5, 5.41) is 10.8. The summed E-state index contributed by atoms with van der Waals surface area (Å²) in [6.45, 7) is 0. The summed E-state index contributed by atoms with van der Waals surface area (Å²) in [4.78, 5) is 10.3. The molecule has 0 atom stereocenters. The maximum absolute atomic E-state index is 10.8. The van der Waals surface area contributed by atoms with E-state index in [0.717, 1.165) is 0 Å². The largest absolute Gasteiger partial charge is 0.494 e. The molecular weight excluding hydrogens is 466 g/mol. The van der Waals surface area contributed by atoms with Gasteiger partial charge in [0.25, 0.3) is 0 Å². The van der Waals surface area contributed by atoms with Crippen molar-refractivity contribution in [2.24, 2.45) is 0 Å². The number of nitro groups is 1. The Morgan fingerprint density at radius 1 is 1.07 bits per heavy atom. The highest BCUT2D eigenvalue weighted by atomic mass is 79.9. The van der Waals surface area contributed by atoms with Crippen LogP contribution in [0.5, 0.6) is 5.75 Å². The number of ether oxygens (including phenoxy) is 1. The van der Waals surface area contributed by atoms with E-state index in [-0.39, 0.29) is 10.2 Å². The van der Waals surface area contributed by atoms with Crippen molar-refractivity contribution in [3.63, 3.8) is 0 Å². The standard InChI is InChI=1S/C7H3Br4NO3/c1-15-7-4(10)2(8)3(9)6(5(7)11)12(13)14/h1H3. The fraction of sp³-hybridized carbons (Fsp3) is 0.143. The molecule has 8 heteroatoms. The molecular formula is C7H3Br4NO3. The number of hydrogen-bond acceptors (Lipinski definition) is 3. The van der Waals surface area contributed by atoms with E-state index in [9.17, 15) is 10.1 Å². The molecule has 0 saturated heterocycles. The van der Waals surface area contributed by atoms with Gasteiger partial charge in [-0.05, 0) is 63.7 Å². The zero-order valence-corrected chi connectivity index (χ0v) is 13.5. The fourth-order valence-corrected chi connectivity index (χ4v) is 3.91. The van der Waals surface area contributed by atoms with Crippen LogP contribution >= 0.6 is 63.7 Å². The lowest BCUT2D eigenvalue weighted by Crippen LogP contribution is -1.96. The number of halogens is 4. The zero-order valence-electron chi connectivity index (χ0n) is 7.18. The van der Waals surface area contributed by atoms with Crippen molar-refractivity contribution in [3.8, 4) is 5.75 Å². The zero-order chi connectivity index (χ0) is 11.7. The van der Waals surface area contributed by atoms with Gasteiger partial charge in [-0.1, -0.05) is 0 Å². The minimum Gasteiger partial charge on any atom is -0.494 e. The number of nitro benzene ring substituents is 1. The topological polar surface area (TPSA) is 52.4 Å². The summed E-state index contributed by atoms with van der Waals surface area (Å²) in [6.07, 6.45) is 0. The fourth-order valence-electron chi connectivity index (χ4n) is 0.940. The first-order chi connectivity index (χ1) is 6.91. The number of rotatable bonds is 2. The molecule has 0 bridgehead atoms. The highest BCUT2D eigenvalue weighted by Crippen LogP contribution is 2.49. The Balaban J connectivity index is 3.68. The van der Waals surface area contributed by atoms with Crippen LogP contribution in [0.4, 0.5) is 5.69 Å². The van der Waals surface area contributed by atoms with Gasteiger partial charge in [-0.2, -0.15) is 0 Å². The van der Waals surface area contributed by atoms with Crippen molar-refractivity contribution in [1.82, 2.24) is 0 Å². The van der Waals surface area contributed by atoms with Gasteiger partial charge in [0.2, 0.25) is 0 Å². The highest BCUT2D eigenvalue weighted by Gasteiger charge is 2.27. The van der Waals surface area contributed by atoms with Gasteiger partial charge in [0, 0.05) is 0 Å². The summed E-state index contributed by atoms with van der Waals surface area (Å²) in [5.74, 6) is 0.372. The predicted molar refractivity (Wildman–Crippen MR) is 70.4 cm³/mol. The third kappa shape index (κ3) is 2.37. The summed E-state index contributed by atoms with van der Waals surface area (Å²) in [6, 6.07) is 0. The molecule has 15 heavy (non-hydrogen) atoms. The van der Waals surface area contributed by atoms with E-state index in [4.69, 9.17) is 4.74 Å². The Hall–Kier alpha value is 0.340. The van der Waals surface area contributed by atoms with E-state index >= 15 is 0 Å². The van der Waals surface area contributed by atoms with E-state index in [1.54, 1.807) is 0 Å². The van der Waals surface area contributed by atoms with E-state index in [0.29, 0.717) is 19.2 Å². The van der Waals surface area contributed by atoms with Gasteiger partial charge in [-0.25, -0.2) is 0 Å². The van der Waals surface area contributed by atoms with Crippen LogP contribution in [0.1, 0.15) is 0 Å². The highest BCUT2D eigenvalue weighted by molar-refractivity contribution is 9.14. The van der Waals surface area contributed by atoms with E-state index in [2.05, 4.69) is 63.7 Å². The third-order valence-electron chi connectivity index (χ3n) is 1.59. The van der Waals surface area contributed by atoms with Crippen molar-refractivity contribution in [2.45, 2.75) is 0 Å². The van der Waals surface area contributed by atoms with Gasteiger partial charge in [0.05, 0.1) is 21.0 Å². The normalized spacial score (nSPS) is 10.2. The molecule has 1 aromatic rings. The first-order valence-electron chi connectivity index (χ1n) is 3.46. The monoisotopic (exact) mass is 465 g/mol. The molecule has 0 spiro atoms. The summed E-state index contributed by atoms with van der Waals surface area (Å²) in [5.41, 5.74) is -0.0816. The number of hydrogen-bond donors (Lipinski definition) is 0. The van der Waals surface area contributed by atoms with Crippen molar-refractivity contribution in [3.05, 3.63) is 28.0 Å². The van der Waals surface area contributed by atoms with E-state index < -0.39 is 4.92 Å². The van der Waals surface area contributed by atoms with Crippen LogP contribution in [0, 0.1) is 10.1 Å². The molecule has 0 radical (unpaired) electrons. The maximum Gasteiger partial charge on any atom is 0.302 e. The Bertz CT molecular complexity index is 435. The minimum atomic E-state index is -0.492. The van der Waals surface area contributed by atoms with Gasteiger partial charge in [-0.15, -0.1) is 0 Å². The molecule has 0 N–H and O–H groups in total. The molecule has 1 aromatic carbocycles. The molecule has 1 rings (SSSR count). The molecule has 0 amide bonds. The Morgan fingerprint density at radius 3 is 2.00 bits per heavy atom. The third-order valence-corrected chi connectivity index (χ3v) is 5.71. The molecule has 0 fully saturated rings. The van der Waals surface area contributed by atoms with Crippen LogP contribution < -0.4 is 4.74 Å². The quantitative estimate of drug-likeness (QED) is 0.275. The smallest absolute Gasteiger partial charge is 0.302 e. The van der Waals surface area contributed by atoms with Crippen LogP contribution in [-0.2, 0) is 0 Å². The van der Waals surface area contributed by atoms with Gasteiger partial charge in [0.15, 0.2) is 5.75 Å². The summed E-state index contributed by atoms with van der Waals surface area (Å²) < 4.78 is 6.84. The van der Waals surface area contributed by atoms with Crippen LogP contribution in [0.15, 0.2) is 17.9 Å². The lowest BCUT2D eigenvalue weighted by atomic mass is 10.3. The van der Waals surface area contributed by atoms with Crippen molar-refractivity contribution < 1.29 is 9.66 Å². The second-order valence-electron chi connectivity index (χ2n) is 2.39. The Morgan fingerprint density at radius 2 is 1.60 bits per heavy atom. The molecule has 0 aromatic heterocycles. The lowest BCUT2D eigenvalue weighted by molar-refractivity contribution is -0.386. The van der Waals surface area contributed by atoms with Gasteiger partial charge in [-0.3, -0.25) is 10.1 Å². The summed E-state index contributed by atoms with van der Waals surface area (Å²) in [7, 11) is 1.44. The van der Waals surface area contributed by atoms with Crippen LogP contribution in [-0.4, -0.2) is 12.0 Å². The van der Waals surface area contributed by atoms with E-state index in [1.165, 1.54) is 7.11 Å². The van der Waals surface area contributed by atoms with Gasteiger partial charge in [0.1, 0.15) is 8.95 Å². The summed E-state index contributed by atoms with van der Waals surface area (Å²) >= 11 is 12.8. The van der Waals surface area contributed by atoms with Gasteiger partial charge >= 0.3 is 5.69 Å². The molecule has 0 saturated carbocycles. The first kappa shape index (κ1) is 13.4. The Kier molecular flexibility index (Phi) is 4.57. The second kappa shape index (κ2) is 5.11. The minimum absolute atomic E-state index is 0.0816. The average Bonchev–Trinajstić information content (AvgIpc) is 2.15. The van der Waals surface area contributed by atoms with Crippen LogP contribution in [0.3, 0.4) is 0 Å². The maximum atomic E-state index is 10.8. The van der Waals surface area contributed by atoms with Crippen LogP contribution in [0.25, 0.3) is 0 Å². The predicted octanol–water partition coefficient (Wildman–Crippen LogP) is 4.65. The second-order valence-corrected chi connectivity index (χ2v) is 5.57. The molecule has 82 valence electrons. The number of methoxy groups -OCH3 is 1. The first-order valence-corrected chi connectivity index (χ1v) is 6.63. The average molecular weight is 469 g/mol. The molecule has 0 aliphatic carbocycles. The number of nitrogens with zero attached hydrogens (tertiary/aromatic N) is 1. The molecule has 0 heterocycles. The lowest BCUT2D eigenvalue weighted by Gasteiger charge is -2.10. The van der Waals surface area contributed by atoms with Gasteiger partial charge < -0.3 is 4.74 Å². The Labute approximate surface area is 119 Å². The van der Waals surface area contributed by atoms with Crippen molar-refractivity contribution >= 4 is 69.4 Å². The van der Waals surface area contributed by atoms with Crippen molar-refractivity contribution in [1.29, 1.82) is 0 Å². The molecule has 0 aliphatic rings. The van der Waals surface area contributed by atoms with Crippen LogP contribution in [0.2, 0.25) is 0 Å².